The third-order valence-electron chi connectivity index (χ3n) is 4.84. The first-order valence-corrected chi connectivity index (χ1v) is 9.11. The first-order valence-electron chi connectivity index (χ1n) is 9.11. The van der Waals surface area contributed by atoms with E-state index in [1.54, 1.807) is 0 Å². The summed E-state index contributed by atoms with van der Waals surface area (Å²) in [4.78, 5) is 18.3. The SMILES string of the molecule is CCNC(=NCC1(O)CCCCC1)NC1CCN(C(=O)CC)C1. The Bertz CT molecular complexity index is 419. The fourth-order valence-electron chi connectivity index (χ4n) is 3.44. The van der Waals surface area contributed by atoms with Gasteiger partial charge in [0, 0.05) is 32.1 Å². The molecule has 1 unspecified atom stereocenters. The second kappa shape index (κ2) is 8.52. The summed E-state index contributed by atoms with van der Waals surface area (Å²) in [6.07, 6.45) is 6.59. The van der Waals surface area contributed by atoms with Gasteiger partial charge in [0.1, 0.15) is 0 Å². The molecule has 2 aliphatic rings. The lowest BCUT2D eigenvalue weighted by atomic mass is 9.85. The number of nitrogens with one attached hydrogen (secondary N) is 2. The van der Waals surface area contributed by atoms with Gasteiger partial charge in [-0.3, -0.25) is 9.79 Å². The van der Waals surface area contributed by atoms with Crippen molar-refractivity contribution in [1.82, 2.24) is 15.5 Å². The zero-order valence-corrected chi connectivity index (χ0v) is 14.6. The van der Waals surface area contributed by atoms with E-state index in [0.717, 1.165) is 57.7 Å². The highest BCUT2D eigenvalue weighted by Gasteiger charge is 2.29. The van der Waals surface area contributed by atoms with Crippen molar-refractivity contribution in [2.75, 3.05) is 26.2 Å². The van der Waals surface area contributed by atoms with Gasteiger partial charge in [0.05, 0.1) is 12.1 Å². The van der Waals surface area contributed by atoms with Crippen LogP contribution in [-0.2, 0) is 4.79 Å². The van der Waals surface area contributed by atoms with Gasteiger partial charge in [-0.05, 0) is 26.2 Å². The van der Waals surface area contributed by atoms with Crippen molar-refractivity contribution in [2.45, 2.75) is 70.4 Å². The van der Waals surface area contributed by atoms with Gasteiger partial charge in [-0.2, -0.15) is 0 Å². The van der Waals surface area contributed by atoms with Crippen LogP contribution in [0, 0.1) is 0 Å². The topological polar surface area (TPSA) is 77.0 Å². The standard InChI is InChI=1S/C17H32N4O2/c1-3-15(22)21-11-8-14(12-21)20-16(18-4-2)19-13-17(23)9-6-5-7-10-17/h14,23H,3-13H2,1-2H3,(H2,18,19,20). The van der Waals surface area contributed by atoms with Crippen molar-refractivity contribution in [3.05, 3.63) is 0 Å². The van der Waals surface area contributed by atoms with Crippen LogP contribution in [0.2, 0.25) is 0 Å². The molecule has 1 aliphatic heterocycles. The Kier molecular flexibility index (Phi) is 6.69. The fraction of sp³-hybridized carbons (Fsp3) is 0.882. The van der Waals surface area contributed by atoms with Gasteiger partial charge < -0.3 is 20.6 Å². The number of hydrogen-bond donors (Lipinski definition) is 3. The molecule has 1 saturated heterocycles. The predicted molar refractivity (Wildman–Crippen MR) is 92.4 cm³/mol. The molecule has 2 rings (SSSR count). The normalized spacial score (nSPS) is 24.6. The maximum Gasteiger partial charge on any atom is 0.222 e. The number of aliphatic hydroxyl groups is 1. The molecule has 1 amide bonds. The molecular weight excluding hydrogens is 292 g/mol. The fourth-order valence-corrected chi connectivity index (χ4v) is 3.44. The minimum absolute atomic E-state index is 0.216. The van der Waals surface area contributed by atoms with Crippen LogP contribution < -0.4 is 10.6 Å². The Labute approximate surface area is 139 Å². The highest BCUT2D eigenvalue weighted by atomic mass is 16.3. The maximum atomic E-state index is 11.8. The van der Waals surface area contributed by atoms with Gasteiger partial charge in [0.25, 0.3) is 0 Å². The zero-order chi connectivity index (χ0) is 16.7. The molecule has 23 heavy (non-hydrogen) atoms. The number of rotatable bonds is 5. The van der Waals surface area contributed by atoms with Crippen LogP contribution in [0.1, 0.15) is 58.8 Å². The van der Waals surface area contributed by atoms with Crippen molar-refractivity contribution >= 4 is 11.9 Å². The molecule has 0 aromatic carbocycles. The molecule has 6 heteroatoms. The summed E-state index contributed by atoms with van der Waals surface area (Å²) in [5.74, 6) is 0.968. The lowest BCUT2D eigenvalue weighted by Gasteiger charge is -2.30. The maximum absolute atomic E-state index is 11.8. The Morgan fingerprint density at radius 3 is 2.70 bits per heavy atom. The summed E-state index contributed by atoms with van der Waals surface area (Å²) in [6, 6.07) is 0.240. The van der Waals surface area contributed by atoms with Gasteiger partial charge in [-0.1, -0.05) is 26.2 Å². The zero-order valence-electron chi connectivity index (χ0n) is 14.6. The number of carbonyl (C=O) groups excluding carboxylic acids is 1. The Morgan fingerprint density at radius 1 is 1.30 bits per heavy atom. The third kappa shape index (κ3) is 5.37. The van der Waals surface area contributed by atoms with Gasteiger partial charge in [0.15, 0.2) is 5.96 Å². The van der Waals surface area contributed by atoms with Crippen molar-refractivity contribution in [2.24, 2.45) is 4.99 Å². The highest BCUT2D eigenvalue weighted by molar-refractivity contribution is 5.80. The second-order valence-electron chi connectivity index (χ2n) is 6.80. The molecule has 132 valence electrons. The monoisotopic (exact) mass is 324 g/mol. The number of guanidine groups is 1. The molecule has 1 heterocycles. The van der Waals surface area contributed by atoms with Crippen LogP contribution in [0.3, 0.4) is 0 Å². The van der Waals surface area contributed by atoms with E-state index in [0.29, 0.717) is 13.0 Å². The molecule has 0 spiro atoms. The van der Waals surface area contributed by atoms with E-state index < -0.39 is 5.60 Å². The van der Waals surface area contributed by atoms with Crippen LogP contribution >= 0.6 is 0 Å². The van der Waals surface area contributed by atoms with Gasteiger partial charge in [-0.25, -0.2) is 0 Å². The van der Waals surface area contributed by atoms with E-state index >= 15 is 0 Å². The lowest BCUT2D eigenvalue weighted by molar-refractivity contribution is -0.129. The number of carbonyl (C=O) groups is 1. The molecule has 0 bridgehead atoms. The first kappa shape index (κ1) is 18.0. The molecule has 3 N–H and O–H groups in total. The Morgan fingerprint density at radius 2 is 2.04 bits per heavy atom. The van der Waals surface area contributed by atoms with Crippen LogP contribution in [0.25, 0.3) is 0 Å². The molecule has 2 fully saturated rings. The summed E-state index contributed by atoms with van der Waals surface area (Å²) < 4.78 is 0. The first-order chi connectivity index (χ1) is 11.1. The molecule has 1 saturated carbocycles. The molecule has 0 aromatic rings. The molecule has 1 atom stereocenters. The minimum atomic E-state index is -0.638. The number of likely N-dealkylation sites (tertiary alicyclic amines) is 1. The second-order valence-corrected chi connectivity index (χ2v) is 6.80. The molecular formula is C17H32N4O2. The van der Waals surface area contributed by atoms with Crippen LogP contribution in [-0.4, -0.2) is 59.7 Å². The smallest absolute Gasteiger partial charge is 0.222 e. The van der Waals surface area contributed by atoms with Gasteiger partial charge in [-0.15, -0.1) is 0 Å². The Hall–Kier alpha value is -1.30. The van der Waals surface area contributed by atoms with Crippen LogP contribution in [0.4, 0.5) is 0 Å². The number of nitrogens with zero attached hydrogens (tertiary/aromatic N) is 2. The highest BCUT2D eigenvalue weighted by Crippen LogP contribution is 2.28. The number of aliphatic imine (C=N–C) groups is 1. The van der Waals surface area contributed by atoms with E-state index in [2.05, 4.69) is 15.6 Å². The van der Waals surface area contributed by atoms with Crippen LogP contribution in [0.15, 0.2) is 4.99 Å². The summed E-state index contributed by atoms with van der Waals surface area (Å²) in [6.45, 7) is 6.73. The third-order valence-corrected chi connectivity index (χ3v) is 4.84. The number of amides is 1. The van der Waals surface area contributed by atoms with E-state index in [-0.39, 0.29) is 11.9 Å². The van der Waals surface area contributed by atoms with E-state index in [4.69, 9.17) is 0 Å². The van der Waals surface area contributed by atoms with Crippen molar-refractivity contribution in [3.63, 3.8) is 0 Å². The minimum Gasteiger partial charge on any atom is -0.388 e. The lowest BCUT2D eigenvalue weighted by Crippen LogP contribution is -2.46. The quantitative estimate of drug-likeness (QED) is 0.525. The van der Waals surface area contributed by atoms with Crippen molar-refractivity contribution < 1.29 is 9.90 Å². The largest absolute Gasteiger partial charge is 0.388 e. The number of hydrogen-bond acceptors (Lipinski definition) is 3. The van der Waals surface area contributed by atoms with Crippen LogP contribution in [0.5, 0.6) is 0 Å². The van der Waals surface area contributed by atoms with E-state index in [9.17, 15) is 9.90 Å². The average Bonchev–Trinajstić information content (AvgIpc) is 3.01. The summed E-state index contributed by atoms with van der Waals surface area (Å²) >= 11 is 0. The summed E-state index contributed by atoms with van der Waals surface area (Å²) in [5.41, 5.74) is -0.638. The van der Waals surface area contributed by atoms with Crippen molar-refractivity contribution in [3.8, 4) is 0 Å². The summed E-state index contributed by atoms with van der Waals surface area (Å²) in [7, 11) is 0. The van der Waals surface area contributed by atoms with Crippen molar-refractivity contribution in [1.29, 1.82) is 0 Å². The van der Waals surface area contributed by atoms with E-state index in [1.807, 2.05) is 18.7 Å². The van der Waals surface area contributed by atoms with Gasteiger partial charge in [0.2, 0.25) is 5.91 Å². The predicted octanol–water partition coefficient (Wildman–Crippen LogP) is 1.25. The molecule has 0 radical (unpaired) electrons. The average molecular weight is 324 g/mol. The summed E-state index contributed by atoms with van der Waals surface area (Å²) in [5, 5.41) is 17.2. The van der Waals surface area contributed by atoms with E-state index in [1.165, 1.54) is 6.42 Å². The molecule has 6 nitrogen and oxygen atoms in total. The molecule has 0 aromatic heterocycles. The van der Waals surface area contributed by atoms with Gasteiger partial charge >= 0.3 is 0 Å². The Balaban J connectivity index is 1.88. The molecule has 1 aliphatic carbocycles.